The Kier molecular flexibility index (Phi) is 5.20. The third kappa shape index (κ3) is 4.05. The highest BCUT2D eigenvalue weighted by atomic mass is 14.9. The molecule has 1 aliphatic rings. The van der Waals surface area contributed by atoms with E-state index < -0.39 is 0 Å². The summed E-state index contributed by atoms with van der Waals surface area (Å²) in [6.45, 7) is 10.2. The molecule has 1 heterocycles. The van der Waals surface area contributed by atoms with Gasteiger partial charge in [-0.1, -0.05) is 26.8 Å². The van der Waals surface area contributed by atoms with Crippen LogP contribution in [0, 0.1) is 18.3 Å². The van der Waals surface area contributed by atoms with Crippen molar-refractivity contribution in [2.75, 3.05) is 6.54 Å². The summed E-state index contributed by atoms with van der Waals surface area (Å²) < 4.78 is 0. The maximum atomic E-state index is 4.49. The van der Waals surface area contributed by atoms with Gasteiger partial charge in [0, 0.05) is 17.9 Å². The number of aryl methyl sites for hydroxylation is 1. The van der Waals surface area contributed by atoms with E-state index in [0.717, 1.165) is 18.2 Å². The molecule has 112 valence electrons. The molecule has 1 atom stereocenters. The second-order valence-electron chi connectivity index (χ2n) is 7.17. The first-order chi connectivity index (χ1) is 9.52. The maximum absolute atomic E-state index is 4.49. The summed E-state index contributed by atoms with van der Waals surface area (Å²) in [5, 5.41) is 3.76. The Bertz CT molecular complexity index is 398. The van der Waals surface area contributed by atoms with E-state index in [2.05, 4.69) is 56.3 Å². The van der Waals surface area contributed by atoms with Crippen LogP contribution in [0.3, 0.4) is 0 Å². The molecule has 1 fully saturated rings. The average Bonchev–Trinajstić information content (AvgIpc) is 2.42. The summed E-state index contributed by atoms with van der Waals surface area (Å²) >= 11 is 0. The van der Waals surface area contributed by atoms with E-state index in [1.807, 2.05) is 0 Å². The minimum atomic E-state index is 0.485. The fourth-order valence-electron chi connectivity index (χ4n) is 3.27. The topological polar surface area (TPSA) is 24.9 Å². The number of hydrogen-bond acceptors (Lipinski definition) is 2. The van der Waals surface area contributed by atoms with Crippen molar-refractivity contribution in [3.8, 4) is 0 Å². The molecule has 0 saturated heterocycles. The molecule has 1 saturated carbocycles. The number of hydrogen-bond donors (Lipinski definition) is 1. The molecule has 0 spiro atoms. The molecule has 2 rings (SSSR count). The molecule has 0 aliphatic heterocycles. The van der Waals surface area contributed by atoms with Crippen LogP contribution in [0.1, 0.15) is 70.2 Å². The van der Waals surface area contributed by atoms with Gasteiger partial charge in [-0.2, -0.15) is 0 Å². The van der Waals surface area contributed by atoms with Crippen LogP contribution in [0.2, 0.25) is 0 Å². The fourth-order valence-corrected chi connectivity index (χ4v) is 3.27. The van der Waals surface area contributed by atoms with Gasteiger partial charge in [0.2, 0.25) is 0 Å². The highest BCUT2D eigenvalue weighted by molar-refractivity contribution is 5.18. The van der Waals surface area contributed by atoms with E-state index in [9.17, 15) is 0 Å². The van der Waals surface area contributed by atoms with Crippen molar-refractivity contribution in [1.82, 2.24) is 10.3 Å². The van der Waals surface area contributed by atoms with Gasteiger partial charge in [-0.25, -0.2) is 0 Å². The highest BCUT2D eigenvalue weighted by Crippen LogP contribution is 2.42. The molecule has 0 amide bonds. The third-order valence-corrected chi connectivity index (χ3v) is 4.76. The van der Waals surface area contributed by atoms with Crippen molar-refractivity contribution in [2.24, 2.45) is 11.3 Å². The van der Waals surface area contributed by atoms with Crippen molar-refractivity contribution in [2.45, 2.75) is 65.8 Å². The number of rotatable bonds is 5. The number of pyridine rings is 1. The molecule has 2 heteroatoms. The van der Waals surface area contributed by atoms with Gasteiger partial charge < -0.3 is 5.32 Å². The van der Waals surface area contributed by atoms with Crippen LogP contribution in [0.5, 0.6) is 0 Å². The predicted octanol–water partition coefficient (Wildman–Crippen LogP) is 4.65. The zero-order valence-electron chi connectivity index (χ0n) is 13.6. The van der Waals surface area contributed by atoms with E-state index in [1.54, 1.807) is 0 Å². The van der Waals surface area contributed by atoms with Crippen molar-refractivity contribution in [3.63, 3.8) is 0 Å². The van der Waals surface area contributed by atoms with Gasteiger partial charge >= 0.3 is 0 Å². The Morgan fingerprint density at radius 3 is 2.55 bits per heavy atom. The molecule has 20 heavy (non-hydrogen) atoms. The molecular formula is C18H30N2. The molecule has 1 aromatic rings. The summed E-state index contributed by atoms with van der Waals surface area (Å²) in [6, 6.07) is 4.89. The van der Waals surface area contributed by atoms with Crippen LogP contribution in [0.25, 0.3) is 0 Å². The second kappa shape index (κ2) is 6.71. The van der Waals surface area contributed by atoms with Crippen molar-refractivity contribution < 1.29 is 0 Å². The van der Waals surface area contributed by atoms with Crippen LogP contribution < -0.4 is 5.32 Å². The normalized spacial score (nSPS) is 20.8. The molecule has 0 bridgehead atoms. The minimum Gasteiger partial charge on any atom is -0.310 e. The molecule has 1 N–H and O–H groups in total. The summed E-state index contributed by atoms with van der Waals surface area (Å²) in [5.41, 5.74) is 3.01. The summed E-state index contributed by atoms with van der Waals surface area (Å²) in [6.07, 6.45) is 8.63. The van der Waals surface area contributed by atoms with E-state index in [-0.39, 0.29) is 0 Å². The third-order valence-electron chi connectivity index (χ3n) is 4.76. The van der Waals surface area contributed by atoms with Gasteiger partial charge in [-0.05, 0) is 68.5 Å². The Morgan fingerprint density at radius 2 is 2.00 bits per heavy atom. The number of nitrogens with one attached hydrogen (secondary N) is 1. The van der Waals surface area contributed by atoms with E-state index in [1.165, 1.54) is 37.7 Å². The Hall–Kier alpha value is -0.890. The average molecular weight is 274 g/mol. The van der Waals surface area contributed by atoms with Crippen LogP contribution in [-0.2, 0) is 0 Å². The highest BCUT2D eigenvalue weighted by Gasteiger charge is 2.31. The van der Waals surface area contributed by atoms with Gasteiger partial charge in [-0.15, -0.1) is 0 Å². The molecule has 0 aromatic carbocycles. The van der Waals surface area contributed by atoms with Crippen molar-refractivity contribution >= 4 is 0 Å². The Balaban J connectivity index is 2.09. The van der Waals surface area contributed by atoms with Crippen LogP contribution in [-0.4, -0.2) is 11.5 Å². The van der Waals surface area contributed by atoms with Gasteiger partial charge in [0.1, 0.15) is 0 Å². The van der Waals surface area contributed by atoms with Crippen LogP contribution >= 0.6 is 0 Å². The SMILES string of the molecule is CCCNC(c1ccc(C)nc1)C1CCC(C)(C)CC1. The molecule has 2 nitrogen and oxygen atoms in total. The van der Waals surface area contributed by atoms with Crippen molar-refractivity contribution in [1.29, 1.82) is 0 Å². The zero-order chi connectivity index (χ0) is 14.6. The van der Waals surface area contributed by atoms with Crippen molar-refractivity contribution in [3.05, 3.63) is 29.6 Å². The lowest BCUT2D eigenvalue weighted by Gasteiger charge is -2.38. The lowest BCUT2D eigenvalue weighted by Crippen LogP contribution is -2.33. The van der Waals surface area contributed by atoms with Gasteiger partial charge in [-0.3, -0.25) is 4.98 Å². The van der Waals surface area contributed by atoms with Gasteiger partial charge in [0.15, 0.2) is 0 Å². The molecule has 0 radical (unpaired) electrons. The number of aromatic nitrogens is 1. The molecular weight excluding hydrogens is 244 g/mol. The number of nitrogens with zero attached hydrogens (tertiary/aromatic N) is 1. The first-order valence-electron chi connectivity index (χ1n) is 8.18. The molecule has 1 aromatic heterocycles. The smallest absolute Gasteiger partial charge is 0.0372 e. The lowest BCUT2D eigenvalue weighted by molar-refractivity contribution is 0.161. The van der Waals surface area contributed by atoms with Gasteiger partial charge in [0.05, 0.1) is 0 Å². The zero-order valence-corrected chi connectivity index (χ0v) is 13.6. The Morgan fingerprint density at radius 1 is 1.30 bits per heavy atom. The summed E-state index contributed by atoms with van der Waals surface area (Å²) in [5.74, 6) is 0.763. The summed E-state index contributed by atoms with van der Waals surface area (Å²) in [4.78, 5) is 4.49. The maximum Gasteiger partial charge on any atom is 0.0372 e. The lowest BCUT2D eigenvalue weighted by atomic mass is 9.70. The second-order valence-corrected chi connectivity index (χ2v) is 7.17. The molecule has 1 unspecified atom stereocenters. The Labute approximate surface area is 124 Å². The van der Waals surface area contributed by atoms with Crippen LogP contribution in [0.4, 0.5) is 0 Å². The fraction of sp³-hybridized carbons (Fsp3) is 0.722. The van der Waals surface area contributed by atoms with Crippen LogP contribution in [0.15, 0.2) is 18.3 Å². The standard InChI is InChI=1S/C18H30N2/c1-5-12-19-17(16-7-6-14(2)20-13-16)15-8-10-18(3,4)11-9-15/h6-7,13,15,17,19H,5,8-12H2,1-4H3. The monoisotopic (exact) mass is 274 g/mol. The van der Waals surface area contributed by atoms with E-state index in [4.69, 9.17) is 0 Å². The quantitative estimate of drug-likeness (QED) is 0.845. The summed E-state index contributed by atoms with van der Waals surface area (Å²) in [7, 11) is 0. The minimum absolute atomic E-state index is 0.485. The van der Waals surface area contributed by atoms with Gasteiger partial charge in [0.25, 0.3) is 0 Å². The first kappa shape index (κ1) is 15.5. The van der Waals surface area contributed by atoms with E-state index >= 15 is 0 Å². The predicted molar refractivity (Wildman–Crippen MR) is 85.7 cm³/mol. The largest absolute Gasteiger partial charge is 0.310 e. The molecule has 1 aliphatic carbocycles. The first-order valence-corrected chi connectivity index (χ1v) is 8.18. The van der Waals surface area contributed by atoms with E-state index in [0.29, 0.717) is 11.5 Å².